The zero-order chi connectivity index (χ0) is 10.7. The highest BCUT2D eigenvalue weighted by Gasteiger charge is 2.23. The lowest BCUT2D eigenvalue weighted by Gasteiger charge is -2.14. The minimum Gasteiger partial charge on any atom is -0.0657 e. The molecule has 0 aromatic carbocycles. The van der Waals surface area contributed by atoms with Crippen molar-refractivity contribution in [1.82, 2.24) is 0 Å². The van der Waals surface area contributed by atoms with Gasteiger partial charge in [0.1, 0.15) is 0 Å². The van der Waals surface area contributed by atoms with Crippen LogP contribution in [0.4, 0.5) is 0 Å². The van der Waals surface area contributed by atoms with Gasteiger partial charge in [0.15, 0.2) is 0 Å². The quantitative estimate of drug-likeness (QED) is 0.483. The molecule has 0 atom stereocenters. The molecule has 0 saturated heterocycles. The van der Waals surface area contributed by atoms with Crippen molar-refractivity contribution in [3.63, 3.8) is 0 Å². The third-order valence-corrected chi connectivity index (χ3v) is 5.48. The molecule has 0 heterocycles. The van der Waals surface area contributed by atoms with Crippen LogP contribution < -0.4 is 0 Å². The fourth-order valence-electron chi connectivity index (χ4n) is 2.28. The van der Waals surface area contributed by atoms with Gasteiger partial charge in [-0.05, 0) is 44.8 Å². The third-order valence-electron chi connectivity index (χ3n) is 3.69. The van der Waals surface area contributed by atoms with Gasteiger partial charge in [0.05, 0.1) is 0 Å². The van der Waals surface area contributed by atoms with Crippen molar-refractivity contribution >= 4 is 9.52 Å². The first-order valence-corrected chi connectivity index (χ1v) is 7.39. The Morgan fingerprint density at radius 3 is 1.93 bits per heavy atom. The molecule has 0 aromatic heterocycles. The first-order valence-electron chi connectivity index (χ1n) is 5.76. The summed E-state index contributed by atoms with van der Waals surface area (Å²) in [4.78, 5) is 0. The molecule has 0 bridgehead atoms. The fraction of sp³-hybridized carbons (Fsp3) is 0.692. The molecule has 1 rings (SSSR count). The molecule has 0 aliphatic heterocycles. The van der Waals surface area contributed by atoms with Crippen LogP contribution in [0, 0.1) is 5.92 Å². The van der Waals surface area contributed by atoms with Gasteiger partial charge in [0.2, 0.25) is 0 Å². The molecule has 0 N–H and O–H groups in total. The van der Waals surface area contributed by atoms with Gasteiger partial charge in [0.25, 0.3) is 0 Å². The number of rotatable bonds is 4. The Morgan fingerprint density at radius 1 is 1.00 bits per heavy atom. The van der Waals surface area contributed by atoms with E-state index in [2.05, 4.69) is 34.6 Å². The zero-order valence-electron chi connectivity index (χ0n) is 10.3. The lowest BCUT2D eigenvalue weighted by molar-refractivity contribution is 0.804. The van der Waals surface area contributed by atoms with Crippen molar-refractivity contribution in [2.45, 2.75) is 53.1 Å². The van der Waals surface area contributed by atoms with Crippen molar-refractivity contribution in [3.8, 4) is 0 Å². The third kappa shape index (κ3) is 2.19. The van der Waals surface area contributed by atoms with E-state index in [0.29, 0.717) is 9.52 Å². The van der Waals surface area contributed by atoms with E-state index in [1.807, 2.05) is 0 Å². The molecule has 14 heavy (non-hydrogen) atoms. The topological polar surface area (TPSA) is 0 Å². The van der Waals surface area contributed by atoms with Crippen LogP contribution in [0.2, 0.25) is 12.1 Å². The molecule has 0 saturated carbocycles. The summed E-state index contributed by atoms with van der Waals surface area (Å²) in [6.45, 7) is 11.5. The number of allylic oxidation sites excluding steroid dienone is 4. The Kier molecular flexibility index (Phi) is 4.18. The van der Waals surface area contributed by atoms with E-state index in [4.69, 9.17) is 0 Å². The van der Waals surface area contributed by atoms with E-state index in [0.717, 1.165) is 5.92 Å². The van der Waals surface area contributed by atoms with Gasteiger partial charge >= 0.3 is 0 Å². The maximum atomic E-state index is 2.32. The van der Waals surface area contributed by atoms with Gasteiger partial charge in [0, 0.05) is 9.52 Å². The summed E-state index contributed by atoms with van der Waals surface area (Å²) in [6.07, 6.45) is 1.37. The fourth-order valence-corrected chi connectivity index (χ4v) is 3.97. The van der Waals surface area contributed by atoms with E-state index in [1.54, 1.807) is 22.3 Å². The summed E-state index contributed by atoms with van der Waals surface area (Å²) in [5.41, 5.74) is 6.40. The van der Waals surface area contributed by atoms with E-state index >= 15 is 0 Å². The monoisotopic (exact) mass is 207 g/mol. The molecule has 0 amide bonds. The van der Waals surface area contributed by atoms with Crippen molar-refractivity contribution in [2.75, 3.05) is 0 Å². The van der Waals surface area contributed by atoms with Crippen LogP contribution >= 0.6 is 0 Å². The predicted octanol–water partition coefficient (Wildman–Crippen LogP) is 3.97. The SMILES string of the molecule is CCC[SiH]CC1C(C)=C(C)C(C)=C1C. The van der Waals surface area contributed by atoms with Crippen LogP contribution in [0.25, 0.3) is 0 Å². The van der Waals surface area contributed by atoms with Crippen molar-refractivity contribution < 1.29 is 0 Å². The maximum absolute atomic E-state index is 2.32. The van der Waals surface area contributed by atoms with Gasteiger partial charge < -0.3 is 0 Å². The highest BCUT2D eigenvalue weighted by Crippen LogP contribution is 2.38. The molecular weight excluding hydrogens is 184 g/mol. The smallest absolute Gasteiger partial charge is 0.0289 e. The maximum Gasteiger partial charge on any atom is 0.0289 e. The molecule has 0 aromatic rings. The van der Waals surface area contributed by atoms with Crippen molar-refractivity contribution in [3.05, 3.63) is 22.3 Å². The van der Waals surface area contributed by atoms with Gasteiger partial charge in [-0.1, -0.05) is 36.6 Å². The van der Waals surface area contributed by atoms with Crippen LogP contribution in [0.5, 0.6) is 0 Å². The van der Waals surface area contributed by atoms with Crippen LogP contribution in [0.3, 0.4) is 0 Å². The summed E-state index contributed by atoms with van der Waals surface area (Å²) in [5.74, 6) is 0.802. The molecular formula is C13H23Si. The standard InChI is InChI=1S/C13H23Si/c1-6-7-14-8-13-11(4)9(2)10(3)12(13)5/h13-14H,6-8H2,1-5H3. The van der Waals surface area contributed by atoms with E-state index in [-0.39, 0.29) is 0 Å². The number of hydrogen-bond acceptors (Lipinski definition) is 0. The highest BCUT2D eigenvalue weighted by atomic mass is 28.2. The first kappa shape index (κ1) is 11.8. The summed E-state index contributed by atoms with van der Waals surface area (Å²) >= 11 is 0. The molecule has 1 heteroatoms. The van der Waals surface area contributed by atoms with Gasteiger partial charge in [-0.2, -0.15) is 0 Å². The van der Waals surface area contributed by atoms with Crippen LogP contribution in [-0.4, -0.2) is 9.52 Å². The summed E-state index contributed by atoms with van der Waals surface area (Å²) in [5, 5.41) is 0. The normalized spacial score (nSPS) is 18.6. The minimum atomic E-state index is 0.677. The molecule has 0 fully saturated rings. The highest BCUT2D eigenvalue weighted by molar-refractivity contribution is 6.35. The van der Waals surface area contributed by atoms with Gasteiger partial charge in [-0.3, -0.25) is 0 Å². The van der Waals surface area contributed by atoms with E-state index in [1.165, 1.54) is 18.5 Å². The molecule has 79 valence electrons. The molecule has 1 radical (unpaired) electrons. The second kappa shape index (κ2) is 4.97. The second-order valence-corrected chi connectivity index (χ2v) is 6.11. The second-order valence-electron chi connectivity index (χ2n) is 4.48. The largest absolute Gasteiger partial charge is 0.0657 e. The van der Waals surface area contributed by atoms with Crippen molar-refractivity contribution in [2.24, 2.45) is 5.92 Å². The Morgan fingerprint density at radius 2 is 1.50 bits per heavy atom. The first-order chi connectivity index (χ1) is 6.59. The molecule has 0 unspecified atom stereocenters. The summed E-state index contributed by atoms with van der Waals surface area (Å²) in [6, 6.07) is 2.91. The van der Waals surface area contributed by atoms with Crippen molar-refractivity contribution in [1.29, 1.82) is 0 Å². The average molecular weight is 207 g/mol. The van der Waals surface area contributed by atoms with E-state index < -0.39 is 0 Å². The Balaban J connectivity index is 2.63. The Hall–Kier alpha value is -0.303. The molecule has 0 spiro atoms. The van der Waals surface area contributed by atoms with Gasteiger partial charge in [-0.25, -0.2) is 0 Å². The predicted molar refractivity (Wildman–Crippen MR) is 67.3 cm³/mol. The lowest BCUT2D eigenvalue weighted by Crippen LogP contribution is -2.04. The minimum absolute atomic E-state index is 0.677. The lowest BCUT2D eigenvalue weighted by atomic mass is 9.99. The number of hydrogen-bond donors (Lipinski definition) is 0. The summed E-state index contributed by atoms with van der Waals surface area (Å²) in [7, 11) is 0.677. The Bertz CT molecular complexity index is 247. The zero-order valence-corrected chi connectivity index (χ0v) is 11.4. The average Bonchev–Trinajstić information content (AvgIpc) is 2.35. The summed E-state index contributed by atoms with van der Waals surface area (Å²) < 4.78 is 0. The molecule has 1 aliphatic carbocycles. The molecule has 1 aliphatic rings. The molecule has 0 nitrogen and oxygen atoms in total. The van der Waals surface area contributed by atoms with Gasteiger partial charge in [-0.15, -0.1) is 0 Å². The van der Waals surface area contributed by atoms with Crippen LogP contribution in [-0.2, 0) is 0 Å². The van der Waals surface area contributed by atoms with Crippen LogP contribution in [0.15, 0.2) is 22.3 Å². The Labute approximate surface area is 91.3 Å². The van der Waals surface area contributed by atoms with E-state index in [9.17, 15) is 0 Å². The van der Waals surface area contributed by atoms with Crippen LogP contribution in [0.1, 0.15) is 41.0 Å².